The number of fused-ring (bicyclic) bond motifs is 1. The molecule has 1 heterocycles. The van der Waals surface area contributed by atoms with Crippen LogP contribution < -0.4 is 20.3 Å². The molecule has 0 saturated heterocycles. The molecule has 0 aliphatic heterocycles. The number of nitrogens with one attached hydrogen (secondary N) is 2. The van der Waals surface area contributed by atoms with E-state index in [9.17, 15) is 9.59 Å². The number of hydrogen-bond acceptors (Lipinski definition) is 4. The second kappa shape index (κ2) is 7.82. The summed E-state index contributed by atoms with van der Waals surface area (Å²) in [5.74, 6) is 1.11. The third-order valence-corrected chi connectivity index (χ3v) is 4.23. The summed E-state index contributed by atoms with van der Waals surface area (Å²) in [5.41, 5.74) is 1.91. The van der Waals surface area contributed by atoms with Crippen molar-refractivity contribution < 1.29 is 14.3 Å². The molecule has 0 bridgehead atoms. The SMILES string of the molecule is COc1ccc(NC(=O)N(C)Cc2cc(=O)[nH]c3ccccc23)cc1OC. The van der Waals surface area contributed by atoms with Gasteiger partial charge in [-0.15, -0.1) is 0 Å². The first kappa shape index (κ1) is 18.3. The number of hydrogen-bond donors (Lipinski definition) is 2. The number of anilines is 1. The third kappa shape index (κ3) is 4.03. The largest absolute Gasteiger partial charge is 0.493 e. The van der Waals surface area contributed by atoms with E-state index < -0.39 is 0 Å². The van der Waals surface area contributed by atoms with Crippen LogP contribution in [0, 0.1) is 0 Å². The predicted molar refractivity (Wildman–Crippen MR) is 105 cm³/mol. The lowest BCUT2D eigenvalue weighted by Crippen LogP contribution is -2.31. The van der Waals surface area contributed by atoms with Crippen molar-refractivity contribution in [3.63, 3.8) is 0 Å². The van der Waals surface area contributed by atoms with Gasteiger partial charge in [-0.2, -0.15) is 0 Å². The zero-order chi connectivity index (χ0) is 19.4. The number of nitrogens with zero attached hydrogens (tertiary/aromatic N) is 1. The second-order valence-corrected chi connectivity index (χ2v) is 6.06. The molecule has 2 aromatic carbocycles. The van der Waals surface area contributed by atoms with Gasteiger partial charge in [0.15, 0.2) is 11.5 Å². The number of carbonyl (C=O) groups is 1. The second-order valence-electron chi connectivity index (χ2n) is 6.06. The van der Waals surface area contributed by atoms with Crippen LogP contribution in [-0.2, 0) is 6.54 Å². The number of pyridine rings is 1. The van der Waals surface area contributed by atoms with Crippen LogP contribution in [0.2, 0.25) is 0 Å². The first-order valence-corrected chi connectivity index (χ1v) is 8.37. The molecule has 7 heteroatoms. The Kier molecular flexibility index (Phi) is 5.30. The zero-order valence-electron chi connectivity index (χ0n) is 15.4. The fourth-order valence-electron chi connectivity index (χ4n) is 2.87. The quantitative estimate of drug-likeness (QED) is 0.725. The van der Waals surface area contributed by atoms with Gasteiger partial charge in [0.25, 0.3) is 0 Å². The van der Waals surface area contributed by atoms with E-state index in [1.54, 1.807) is 32.4 Å². The number of carbonyl (C=O) groups excluding carboxylic acids is 1. The Morgan fingerprint density at radius 3 is 2.56 bits per heavy atom. The van der Waals surface area contributed by atoms with Crippen molar-refractivity contribution in [3.8, 4) is 11.5 Å². The highest BCUT2D eigenvalue weighted by Gasteiger charge is 2.13. The maximum absolute atomic E-state index is 12.5. The number of ether oxygens (including phenoxy) is 2. The number of aromatic amines is 1. The summed E-state index contributed by atoms with van der Waals surface area (Å²) in [6.07, 6.45) is 0. The first-order chi connectivity index (χ1) is 13.0. The number of aromatic nitrogens is 1. The van der Waals surface area contributed by atoms with Gasteiger partial charge < -0.3 is 24.7 Å². The molecule has 0 aliphatic carbocycles. The van der Waals surface area contributed by atoms with Gasteiger partial charge in [-0.3, -0.25) is 4.79 Å². The minimum absolute atomic E-state index is 0.197. The lowest BCUT2D eigenvalue weighted by Gasteiger charge is -2.19. The fourth-order valence-corrected chi connectivity index (χ4v) is 2.87. The Morgan fingerprint density at radius 1 is 1.07 bits per heavy atom. The lowest BCUT2D eigenvalue weighted by atomic mass is 10.1. The summed E-state index contributed by atoms with van der Waals surface area (Å²) in [6.45, 7) is 0.295. The van der Waals surface area contributed by atoms with Gasteiger partial charge >= 0.3 is 6.03 Å². The van der Waals surface area contributed by atoms with Gasteiger partial charge in [0.1, 0.15) is 0 Å². The van der Waals surface area contributed by atoms with Crippen molar-refractivity contribution in [1.82, 2.24) is 9.88 Å². The molecule has 2 amide bonds. The van der Waals surface area contributed by atoms with E-state index in [0.717, 1.165) is 16.5 Å². The summed E-state index contributed by atoms with van der Waals surface area (Å²) in [6, 6.07) is 13.9. The molecular formula is C20H21N3O4. The van der Waals surface area contributed by atoms with Gasteiger partial charge in [-0.25, -0.2) is 4.79 Å². The Bertz CT molecular complexity index is 1030. The fraction of sp³-hybridized carbons (Fsp3) is 0.200. The van der Waals surface area contributed by atoms with Crippen LogP contribution in [-0.4, -0.2) is 37.2 Å². The number of H-pyrrole nitrogens is 1. The molecule has 0 aliphatic rings. The molecule has 1 aromatic heterocycles. The van der Waals surface area contributed by atoms with Crippen molar-refractivity contribution in [2.24, 2.45) is 0 Å². The maximum Gasteiger partial charge on any atom is 0.321 e. The average molecular weight is 367 g/mol. The Labute approximate surface area is 156 Å². The molecule has 3 aromatic rings. The summed E-state index contributed by atoms with van der Waals surface area (Å²) >= 11 is 0. The van der Waals surface area contributed by atoms with Crippen molar-refractivity contribution >= 4 is 22.6 Å². The first-order valence-electron chi connectivity index (χ1n) is 8.37. The Hall–Kier alpha value is -3.48. The smallest absolute Gasteiger partial charge is 0.321 e. The normalized spacial score (nSPS) is 10.5. The molecule has 27 heavy (non-hydrogen) atoms. The number of rotatable bonds is 5. The Morgan fingerprint density at radius 2 is 1.81 bits per heavy atom. The number of benzene rings is 2. The number of para-hydroxylation sites is 1. The van der Waals surface area contributed by atoms with Crippen LogP contribution in [0.4, 0.5) is 10.5 Å². The molecule has 3 rings (SSSR count). The Balaban J connectivity index is 1.78. The molecule has 0 saturated carbocycles. The summed E-state index contributed by atoms with van der Waals surface area (Å²) in [4.78, 5) is 28.7. The van der Waals surface area contributed by atoms with Gasteiger partial charge in [0.05, 0.1) is 14.2 Å². The van der Waals surface area contributed by atoms with Gasteiger partial charge in [-0.1, -0.05) is 18.2 Å². The highest BCUT2D eigenvalue weighted by atomic mass is 16.5. The van der Waals surface area contributed by atoms with Crippen molar-refractivity contribution in [3.05, 3.63) is 64.4 Å². The number of amides is 2. The van der Waals surface area contributed by atoms with Crippen LogP contribution in [0.5, 0.6) is 11.5 Å². The molecule has 0 atom stereocenters. The molecule has 7 nitrogen and oxygen atoms in total. The molecule has 0 radical (unpaired) electrons. The zero-order valence-corrected chi connectivity index (χ0v) is 15.4. The summed E-state index contributed by atoms with van der Waals surface area (Å²) < 4.78 is 10.4. The van der Waals surface area contributed by atoms with Gasteiger partial charge in [0, 0.05) is 42.3 Å². The average Bonchev–Trinajstić information content (AvgIpc) is 2.67. The van der Waals surface area contributed by atoms with Gasteiger partial charge in [-0.05, 0) is 23.8 Å². The van der Waals surface area contributed by atoms with E-state index in [4.69, 9.17) is 9.47 Å². The van der Waals surface area contributed by atoms with E-state index in [2.05, 4.69) is 10.3 Å². The number of methoxy groups -OCH3 is 2. The minimum Gasteiger partial charge on any atom is -0.493 e. The standard InChI is InChI=1S/C20H21N3O4/c1-23(12-13-10-19(24)22-16-7-5-4-6-15(13)16)20(25)21-14-8-9-17(26-2)18(11-14)27-3/h4-11H,12H2,1-3H3,(H,21,25)(H,22,24). The lowest BCUT2D eigenvalue weighted by molar-refractivity contribution is 0.221. The van der Waals surface area contributed by atoms with E-state index in [-0.39, 0.29) is 11.6 Å². The topological polar surface area (TPSA) is 83.7 Å². The van der Waals surface area contributed by atoms with E-state index >= 15 is 0 Å². The van der Waals surface area contributed by atoms with Crippen LogP contribution in [0.15, 0.2) is 53.3 Å². The molecule has 0 unspecified atom stereocenters. The highest BCUT2D eigenvalue weighted by Crippen LogP contribution is 2.29. The monoisotopic (exact) mass is 367 g/mol. The van der Waals surface area contributed by atoms with Crippen molar-refractivity contribution in [2.75, 3.05) is 26.6 Å². The van der Waals surface area contributed by atoms with Gasteiger partial charge in [0.2, 0.25) is 5.56 Å². The van der Waals surface area contributed by atoms with Crippen molar-refractivity contribution in [2.45, 2.75) is 6.54 Å². The molecule has 0 spiro atoms. The summed E-state index contributed by atoms with van der Waals surface area (Å²) in [7, 11) is 4.76. The highest BCUT2D eigenvalue weighted by molar-refractivity contribution is 5.90. The number of urea groups is 1. The van der Waals surface area contributed by atoms with Crippen LogP contribution in [0.1, 0.15) is 5.56 Å². The van der Waals surface area contributed by atoms with Crippen LogP contribution >= 0.6 is 0 Å². The molecule has 2 N–H and O–H groups in total. The predicted octanol–water partition coefficient (Wildman–Crippen LogP) is 3.21. The van der Waals surface area contributed by atoms with E-state index in [1.165, 1.54) is 18.1 Å². The van der Waals surface area contributed by atoms with Crippen LogP contribution in [0.25, 0.3) is 10.9 Å². The molecule has 0 fully saturated rings. The summed E-state index contributed by atoms with van der Waals surface area (Å²) in [5, 5.41) is 3.72. The van der Waals surface area contributed by atoms with E-state index in [1.807, 2.05) is 24.3 Å². The molecule has 140 valence electrons. The van der Waals surface area contributed by atoms with Crippen molar-refractivity contribution in [1.29, 1.82) is 0 Å². The third-order valence-electron chi connectivity index (χ3n) is 4.23. The van der Waals surface area contributed by atoms with Crippen LogP contribution in [0.3, 0.4) is 0 Å². The maximum atomic E-state index is 12.5. The van der Waals surface area contributed by atoms with E-state index in [0.29, 0.717) is 23.7 Å². The molecular weight excluding hydrogens is 346 g/mol. The minimum atomic E-state index is -0.299.